The zero-order chi connectivity index (χ0) is 17.2. The molecule has 3 nitrogen and oxygen atoms in total. The van der Waals surface area contributed by atoms with Crippen LogP contribution in [0.5, 0.6) is 0 Å². The molecule has 3 aromatic carbocycles. The lowest BCUT2D eigenvalue weighted by molar-refractivity contribution is 1.21. The van der Waals surface area contributed by atoms with E-state index in [9.17, 15) is 0 Å². The van der Waals surface area contributed by atoms with Crippen molar-refractivity contribution in [3.63, 3.8) is 0 Å². The van der Waals surface area contributed by atoms with Crippen molar-refractivity contribution in [3.05, 3.63) is 83.4 Å². The van der Waals surface area contributed by atoms with E-state index in [0.29, 0.717) is 11.0 Å². The SMILES string of the molecule is Cc1cccc(Nc2nc(-c3ccccc3)c3cc(Cl)ccc3n2)c1. The van der Waals surface area contributed by atoms with Gasteiger partial charge in [-0.25, -0.2) is 9.97 Å². The molecule has 0 spiro atoms. The van der Waals surface area contributed by atoms with Gasteiger partial charge in [0.25, 0.3) is 0 Å². The van der Waals surface area contributed by atoms with Gasteiger partial charge in [0, 0.05) is 21.7 Å². The van der Waals surface area contributed by atoms with E-state index in [4.69, 9.17) is 16.6 Å². The molecule has 4 rings (SSSR count). The van der Waals surface area contributed by atoms with E-state index in [1.807, 2.05) is 60.7 Å². The van der Waals surface area contributed by atoms with Crippen LogP contribution in [0.2, 0.25) is 5.02 Å². The summed E-state index contributed by atoms with van der Waals surface area (Å²) in [5, 5.41) is 4.92. The number of halogens is 1. The van der Waals surface area contributed by atoms with Gasteiger partial charge in [0.05, 0.1) is 11.2 Å². The van der Waals surface area contributed by atoms with Gasteiger partial charge in [0.15, 0.2) is 0 Å². The van der Waals surface area contributed by atoms with Crippen LogP contribution in [0.3, 0.4) is 0 Å². The quantitative estimate of drug-likeness (QED) is 0.494. The average Bonchev–Trinajstić information content (AvgIpc) is 2.62. The van der Waals surface area contributed by atoms with Crippen LogP contribution in [0.15, 0.2) is 72.8 Å². The third-order valence-corrected chi connectivity index (χ3v) is 4.21. The first kappa shape index (κ1) is 15.6. The van der Waals surface area contributed by atoms with Crippen LogP contribution in [-0.2, 0) is 0 Å². The predicted molar refractivity (Wildman–Crippen MR) is 104 cm³/mol. The summed E-state index contributed by atoms with van der Waals surface area (Å²) in [5.74, 6) is 0.569. The maximum atomic E-state index is 6.19. The second-order valence-electron chi connectivity index (χ2n) is 5.92. The van der Waals surface area contributed by atoms with E-state index < -0.39 is 0 Å². The molecule has 0 saturated heterocycles. The first-order valence-corrected chi connectivity index (χ1v) is 8.43. The number of nitrogens with one attached hydrogen (secondary N) is 1. The minimum Gasteiger partial charge on any atom is -0.324 e. The molecule has 25 heavy (non-hydrogen) atoms. The summed E-state index contributed by atoms with van der Waals surface area (Å²) in [7, 11) is 0. The summed E-state index contributed by atoms with van der Waals surface area (Å²) < 4.78 is 0. The monoisotopic (exact) mass is 345 g/mol. The summed E-state index contributed by atoms with van der Waals surface area (Å²) in [4.78, 5) is 9.40. The zero-order valence-corrected chi connectivity index (χ0v) is 14.5. The first-order valence-electron chi connectivity index (χ1n) is 8.05. The number of aryl methyl sites for hydroxylation is 1. The highest BCUT2D eigenvalue weighted by Gasteiger charge is 2.10. The van der Waals surface area contributed by atoms with E-state index >= 15 is 0 Å². The average molecular weight is 346 g/mol. The van der Waals surface area contributed by atoms with Crippen LogP contribution in [-0.4, -0.2) is 9.97 Å². The standard InChI is InChI=1S/C21H16ClN3/c1-14-6-5-9-17(12-14)23-21-24-19-11-10-16(22)13-18(19)20(25-21)15-7-3-2-4-8-15/h2-13H,1H3,(H,23,24,25). The highest BCUT2D eigenvalue weighted by molar-refractivity contribution is 6.31. The Labute approximate surface area is 151 Å². The molecule has 4 aromatic rings. The molecule has 0 radical (unpaired) electrons. The Kier molecular flexibility index (Phi) is 4.08. The number of anilines is 2. The Hall–Kier alpha value is -2.91. The smallest absolute Gasteiger partial charge is 0.228 e. The Balaban J connectivity index is 1.88. The molecular weight excluding hydrogens is 330 g/mol. The van der Waals surface area contributed by atoms with Gasteiger partial charge in [0.1, 0.15) is 0 Å². The maximum Gasteiger partial charge on any atom is 0.228 e. The van der Waals surface area contributed by atoms with E-state index in [1.54, 1.807) is 0 Å². The third kappa shape index (κ3) is 3.32. The molecule has 1 heterocycles. The molecule has 0 aliphatic carbocycles. The third-order valence-electron chi connectivity index (χ3n) is 3.98. The van der Waals surface area contributed by atoms with E-state index in [2.05, 4.69) is 29.4 Å². The van der Waals surface area contributed by atoms with Gasteiger partial charge in [-0.15, -0.1) is 0 Å². The Morgan fingerprint density at radius 3 is 2.48 bits per heavy atom. The number of hydrogen-bond acceptors (Lipinski definition) is 3. The summed E-state index contributed by atoms with van der Waals surface area (Å²) >= 11 is 6.19. The molecule has 0 unspecified atom stereocenters. The first-order chi connectivity index (χ1) is 12.2. The van der Waals surface area contributed by atoms with Crippen molar-refractivity contribution in [1.29, 1.82) is 0 Å². The molecule has 4 heteroatoms. The second-order valence-corrected chi connectivity index (χ2v) is 6.35. The summed E-state index contributed by atoms with van der Waals surface area (Å²) in [6, 6.07) is 23.9. The van der Waals surface area contributed by atoms with Gasteiger partial charge in [-0.3, -0.25) is 0 Å². The molecule has 0 atom stereocenters. The van der Waals surface area contributed by atoms with Crippen LogP contribution in [0.4, 0.5) is 11.6 Å². The fraction of sp³-hybridized carbons (Fsp3) is 0.0476. The van der Waals surface area contributed by atoms with E-state index in [1.165, 1.54) is 5.56 Å². The Morgan fingerprint density at radius 2 is 1.68 bits per heavy atom. The molecule has 0 bridgehead atoms. The van der Waals surface area contributed by atoms with Crippen molar-refractivity contribution >= 4 is 34.1 Å². The van der Waals surface area contributed by atoms with Crippen molar-refractivity contribution in [3.8, 4) is 11.3 Å². The van der Waals surface area contributed by atoms with Crippen molar-refractivity contribution < 1.29 is 0 Å². The number of rotatable bonds is 3. The Bertz CT molecular complexity index is 1050. The topological polar surface area (TPSA) is 37.8 Å². The fourth-order valence-electron chi connectivity index (χ4n) is 2.82. The van der Waals surface area contributed by atoms with E-state index in [-0.39, 0.29) is 0 Å². The largest absolute Gasteiger partial charge is 0.324 e. The molecular formula is C21H16ClN3. The van der Waals surface area contributed by atoms with Gasteiger partial charge >= 0.3 is 0 Å². The lowest BCUT2D eigenvalue weighted by atomic mass is 10.1. The van der Waals surface area contributed by atoms with Gasteiger partial charge < -0.3 is 5.32 Å². The summed E-state index contributed by atoms with van der Waals surface area (Å²) in [6.07, 6.45) is 0. The molecule has 1 aromatic heterocycles. The molecule has 0 saturated carbocycles. The minimum absolute atomic E-state index is 0.569. The van der Waals surface area contributed by atoms with Crippen molar-refractivity contribution in [2.75, 3.05) is 5.32 Å². The van der Waals surface area contributed by atoms with Gasteiger partial charge in [-0.2, -0.15) is 0 Å². The van der Waals surface area contributed by atoms with Crippen LogP contribution in [0.25, 0.3) is 22.2 Å². The number of benzene rings is 3. The highest BCUT2D eigenvalue weighted by atomic mass is 35.5. The molecule has 0 fully saturated rings. The number of fused-ring (bicyclic) bond motifs is 1. The second kappa shape index (κ2) is 6.54. The van der Waals surface area contributed by atoms with Gasteiger partial charge in [-0.05, 0) is 42.8 Å². The van der Waals surface area contributed by atoms with E-state index in [0.717, 1.165) is 27.8 Å². The van der Waals surface area contributed by atoms with Crippen LogP contribution in [0, 0.1) is 6.92 Å². The Morgan fingerprint density at radius 1 is 0.840 bits per heavy atom. The molecule has 0 amide bonds. The molecule has 122 valence electrons. The van der Waals surface area contributed by atoms with Crippen LogP contribution in [0.1, 0.15) is 5.56 Å². The van der Waals surface area contributed by atoms with Crippen molar-refractivity contribution in [2.24, 2.45) is 0 Å². The predicted octanol–water partition coefficient (Wildman–Crippen LogP) is 6.00. The lowest BCUT2D eigenvalue weighted by Gasteiger charge is -2.11. The number of nitrogens with zero attached hydrogens (tertiary/aromatic N) is 2. The fourth-order valence-corrected chi connectivity index (χ4v) is 3.00. The molecule has 1 N–H and O–H groups in total. The van der Waals surface area contributed by atoms with Crippen LogP contribution >= 0.6 is 11.6 Å². The summed E-state index contributed by atoms with van der Waals surface area (Å²) in [5.41, 5.74) is 4.90. The van der Waals surface area contributed by atoms with Gasteiger partial charge in [0.2, 0.25) is 5.95 Å². The minimum atomic E-state index is 0.569. The van der Waals surface area contributed by atoms with Crippen molar-refractivity contribution in [1.82, 2.24) is 9.97 Å². The zero-order valence-electron chi connectivity index (χ0n) is 13.7. The molecule has 0 aliphatic heterocycles. The summed E-state index contributed by atoms with van der Waals surface area (Å²) in [6.45, 7) is 2.06. The van der Waals surface area contributed by atoms with Crippen molar-refractivity contribution in [2.45, 2.75) is 6.92 Å². The number of aromatic nitrogens is 2. The van der Waals surface area contributed by atoms with Gasteiger partial charge in [-0.1, -0.05) is 54.1 Å². The lowest BCUT2D eigenvalue weighted by Crippen LogP contribution is -2.00. The van der Waals surface area contributed by atoms with Crippen LogP contribution < -0.4 is 5.32 Å². The maximum absolute atomic E-state index is 6.19. The number of hydrogen-bond donors (Lipinski definition) is 1. The normalized spacial score (nSPS) is 10.8. The molecule has 0 aliphatic rings. The highest BCUT2D eigenvalue weighted by Crippen LogP contribution is 2.30.